The number of nitrogens with zero attached hydrogens (tertiary/aromatic N) is 1. The van der Waals surface area contributed by atoms with Crippen LogP contribution in [0.3, 0.4) is 0 Å². The topological polar surface area (TPSA) is 49.8 Å². The summed E-state index contributed by atoms with van der Waals surface area (Å²) in [5.74, 6) is 0.232. The standard InChI is InChI=1S/C19H19ClN2/c20-17-7-5-16(6-8-17)19(9-2-10-19)18(13-22)15-4-1-3-14(11-15)12-21/h1,3-8,11,18H,2,9-10,13,22H2/t18-/m0/s1. The van der Waals surface area contributed by atoms with Gasteiger partial charge in [0.2, 0.25) is 0 Å². The highest BCUT2D eigenvalue weighted by atomic mass is 35.5. The van der Waals surface area contributed by atoms with E-state index in [-0.39, 0.29) is 11.3 Å². The third-order valence-corrected chi connectivity index (χ3v) is 5.24. The van der Waals surface area contributed by atoms with E-state index in [0.717, 1.165) is 23.4 Å². The number of benzene rings is 2. The first-order chi connectivity index (χ1) is 10.7. The molecule has 2 N–H and O–H groups in total. The molecule has 3 rings (SSSR count). The summed E-state index contributed by atoms with van der Waals surface area (Å²) in [6.07, 6.45) is 3.48. The first kappa shape index (κ1) is 15.1. The Kier molecular flexibility index (Phi) is 4.20. The van der Waals surface area contributed by atoms with Gasteiger partial charge in [0.05, 0.1) is 11.6 Å². The first-order valence-corrected chi connectivity index (χ1v) is 8.03. The Morgan fingerprint density at radius 1 is 1.18 bits per heavy atom. The molecule has 1 saturated carbocycles. The van der Waals surface area contributed by atoms with Crippen molar-refractivity contribution in [1.29, 1.82) is 5.26 Å². The Labute approximate surface area is 136 Å². The molecule has 0 saturated heterocycles. The van der Waals surface area contributed by atoms with Crippen LogP contribution in [0.2, 0.25) is 5.02 Å². The monoisotopic (exact) mass is 310 g/mol. The summed E-state index contributed by atoms with van der Waals surface area (Å²) >= 11 is 6.03. The molecule has 3 heteroatoms. The summed E-state index contributed by atoms with van der Waals surface area (Å²) in [5, 5.41) is 9.90. The van der Waals surface area contributed by atoms with Crippen LogP contribution in [0.15, 0.2) is 48.5 Å². The molecule has 2 aromatic carbocycles. The van der Waals surface area contributed by atoms with Gasteiger partial charge < -0.3 is 5.73 Å². The predicted octanol–water partition coefficient (Wildman–Crippen LogP) is 4.38. The highest BCUT2D eigenvalue weighted by Gasteiger charge is 2.45. The van der Waals surface area contributed by atoms with Gasteiger partial charge in [-0.15, -0.1) is 0 Å². The van der Waals surface area contributed by atoms with Crippen LogP contribution in [0.25, 0.3) is 0 Å². The molecule has 0 radical (unpaired) electrons. The molecule has 0 aromatic heterocycles. The van der Waals surface area contributed by atoms with Gasteiger partial charge >= 0.3 is 0 Å². The van der Waals surface area contributed by atoms with E-state index in [4.69, 9.17) is 22.6 Å². The molecule has 112 valence electrons. The third-order valence-electron chi connectivity index (χ3n) is 4.99. The maximum Gasteiger partial charge on any atom is 0.0991 e. The number of halogens is 1. The van der Waals surface area contributed by atoms with Gasteiger partial charge in [-0.3, -0.25) is 0 Å². The van der Waals surface area contributed by atoms with Crippen molar-refractivity contribution in [3.8, 4) is 6.07 Å². The van der Waals surface area contributed by atoms with Crippen molar-refractivity contribution in [2.45, 2.75) is 30.6 Å². The fraction of sp³-hybridized carbons (Fsp3) is 0.316. The second-order valence-electron chi connectivity index (χ2n) is 6.04. The molecule has 0 amide bonds. The van der Waals surface area contributed by atoms with Crippen molar-refractivity contribution >= 4 is 11.6 Å². The van der Waals surface area contributed by atoms with E-state index in [1.807, 2.05) is 30.3 Å². The van der Waals surface area contributed by atoms with E-state index in [1.54, 1.807) is 0 Å². The van der Waals surface area contributed by atoms with Crippen LogP contribution in [-0.4, -0.2) is 6.54 Å². The fourth-order valence-electron chi connectivity index (χ4n) is 3.68. The van der Waals surface area contributed by atoms with Gasteiger partial charge in [-0.25, -0.2) is 0 Å². The quantitative estimate of drug-likeness (QED) is 0.911. The highest BCUT2D eigenvalue weighted by Crippen LogP contribution is 2.53. The number of rotatable bonds is 4. The Morgan fingerprint density at radius 2 is 1.91 bits per heavy atom. The normalized spacial score (nSPS) is 17.3. The predicted molar refractivity (Wildman–Crippen MR) is 89.9 cm³/mol. The molecule has 1 aliphatic rings. The molecule has 22 heavy (non-hydrogen) atoms. The first-order valence-electron chi connectivity index (χ1n) is 7.66. The van der Waals surface area contributed by atoms with Gasteiger partial charge in [0.15, 0.2) is 0 Å². The van der Waals surface area contributed by atoms with E-state index in [0.29, 0.717) is 12.1 Å². The lowest BCUT2D eigenvalue weighted by Crippen LogP contribution is -2.43. The smallest absolute Gasteiger partial charge is 0.0991 e. The van der Waals surface area contributed by atoms with Crippen LogP contribution >= 0.6 is 11.6 Å². The molecule has 0 bridgehead atoms. The van der Waals surface area contributed by atoms with Crippen molar-refractivity contribution in [2.75, 3.05) is 6.54 Å². The van der Waals surface area contributed by atoms with Crippen molar-refractivity contribution < 1.29 is 0 Å². The van der Waals surface area contributed by atoms with Gasteiger partial charge in [0.1, 0.15) is 0 Å². The summed E-state index contributed by atoms with van der Waals surface area (Å²) in [6, 6.07) is 18.2. The van der Waals surface area contributed by atoms with Crippen LogP contribution in [-0.2, 0) is 5.41 Å². The summed E-state index contributed by atoms with van der Waals surface area (Å²) in [6.45, 7) is 0.581. The zero-order valence-electron chi connectivity index (χ0n) is 12.4. The molecule has 1 fully saturated rings. The lowest BCUT2D eigenvalue weighted by Gasteiger charge is -2.48. The van der Waals surface area contributed by atoms with Crippen LogP contribution in [0.5, 0.6) is 0 Å². The van der Waals surface area contributed by atoms with Crippen molar-refractivity contribution in [3.05, 3.63) is 70.2 Å². The Balaban J connectivity index is 2.03. The lowest BCUT2D eigenvalue weighted by molar-refractivity contribution is 0.197. The zero-order valence-corrected chi connectivity index (χ0v) is 13.2. The van der Waals surface area contributed by atoms with E-state index in [2.05, 4.69) is 24.3 Å². The Morgan fingerprint density at radius 3 is 2.45 bits per heavy atom. The summed E-state index contributed by atoms with van der Waals surface area (Å²) in [4.78, 5) is 0. The largest absolute Gasteiger partial charge is 0.330 e. The number of nitrogens with two attached hydrogens (primary N) is 1. The molecule has 1 aliphatic carbocycles. The van der Waals surface area contributed by atoms with Gasteiger partial charge in [-0.05, 0) is 48.2 Å². The number of hydrogen-bond acceptors (Lipinski definition) is 2. The average Bonchev–Trinajstić information content (AvgIpc) is 2.52. The molecule has 0 aliphatic heterocycles. The van der Waals surface area contributed by atoms with Gasteiger partial charge in [0, 0.05) is 22.9 Å². The molecule has 0 spiro atoms. The van der Waals surface area contributed by atoms with Crippen molar-refractivity contribution in [3.63, 3.8) is 0 Å². The van der Waals surface area contributed by atoms with E-state index in [9.17, 15) is 0 Å². The molecule has 1 atom stereocenters. The van der Waals surface area contributed by atoms with Gasteiger partial charge in [-0.1, -0.05) is 42.3 Å². The van der Waals surface area contributed by atoms with Crippen molar-refractivity contribution in [2.24, 2.45) is 5.73 Å². The van der Waals surface area contributed by atoms with Gasteiger partial charge in [0.25, 0.3) is 0 Å². The van der Waals surface area contributed by atoms with Crippen LogP contribution in [0.4, 0.5) is 0 Å². The fourth-order valence-corrected chi connectivity index (χ4v) is 3.81. The molecule has 0 heterocycles. The van der Waals surface area contributed by atoms with E-state index < -0.39 is 0 Å². The van der Waals surface area contributed by atoms with Crippen LogP contribution < -0.4 is 5.73 Å². The second-order valence-corrected chi connectivity index (χ2v) is 6.48. The molecular formula is C19H19ClN2. The summed E-state index contributed by atoms with van der Waals surface area (Å²) in [7, 11) is 0. The Hall–Kier alpha value is -1.82. The molecule has 2 nitrogen and oxygen atoms in total. The van der Waals surface area contributed by atoms with Crippen LogP contribution in [0.1, 0.15) is 41.9 Å². The SMILES string of the molecule is N#Cc1cccc([C@H](CN)C2(c3ccc(Cl)cc3)CCC2)c1. The summed E-state index contributed by atoms with van der Waals surface area (Å²) in [5.41, 5.74) is 9.39. The maximum absolute atomic E-state index is 9.14. The van der Waals surface area contributed by atoms with Gasteiger partial charge in [-0.2, -0.15) is 5.26 Å². The lowest BCUT2D eigenvalue weighted by atomic mass is 9.56. The van der Waals surface area contributed by atoms with Crippen LogP contribution in [0, 0.1) is 11.3 Å². The Bertz CT molecular complexity index is 696. The minimum atomic E-state index is 0.0768. The van der Waals surface area contributed by atoms with E-state index >= 15 is 0 Å². The minimum absolute atomic E-state index is 0.0768. The minimum Gasteiger partial charge on any atom is -0.330 e. The molecule has 0 unspecified atom stereocenters. The zero-order chi connectivity index (χ0) is 15.6. The second kappa shape index (κ2) is 6.12. The van der Waals surface area contributed by atoms with E-state index in [1.165, 1.54) is 12.0 Å². The highest BCUT2D eigenvalue weighted by molar-refractivity contribution is 6.30. The third kappa shape index (κ3) is 2.52. The number of hydrogen-bond donors (Lipinski definition) is 1. The average molecular weight is 311 g/mol. The number of nitriles is 1. The maximum atomic E-state index is 9.14. The summed E-state index contributed by atoms with van der Waals surface area (Å²) < 4.78 is 0. The molecular weight excluding hydrogens is 292 g/mol. The van der Waals surface area contributed by atoms with Crippen molar-refractivity contribution in [1.82, 2.24) is 0 Å². The molecule has 2 aromatic rings.